The van der Waals surface area contributed by atoms with E-state index in [0.29, 0.717) is 0 Å². The summed E-state index contributed by atoms with van der Waals surface area (Å²) in [6.45, 7) is 0.0742. The topological polar surface area (TPSA) is 29.5 Å². The molecule has 1 N–H and O–H groups in total. The van der Waals surface area contributed by atoms with Gasteiger partial charge in [-0.3, -0.25) is 0 Å². The van der Waals surface area contributed by atoms with Crippen molar-refractivity contribution in [2.45, 2.75) is 6.61 Å². The van der Waals surface area contributed by atoms with Crippen molar-refractivity contribution >= 4 is 37.4 Å². The molecule has 2 aromatic rings. The third-order valence-electron chi connectivity index (χ3n) is 2.10. The van der Waals surface area contributed by atoms with E-state index in [1.54, 1.807) is 18.4 Å². The number of ether oxygens (including phenoxy) is 1. The largest absolute Gasteiger partial charge is 0.496 e. The molecule has 0 atom stereocenters. The van der Waals surface area contributed by atoms with Crippen LogP contribution in [0, 0.1) is 0 Å². The Kier molecular flexibility index (Phi) is 2.76. The number of methoxy groups -OCH3 is 1. The molecule has 1 aromatic carbocycles. The maximum Gasteiger partial charge on any atom is 0.133 e. The van der Waals surface area contributed by atoms with Crippen LogP contribution in [0.2, 0.25) is 0 Å². The highest BCUT2D eigenvalue weighted by Crippen LogP contribution is 2.35. The molecular formula is C10H9BrO2S. The van der Waals surface area contributed by atoms with E-state index in [1.807, 2.05) is 17.5 Å². The molecule has 0 aliphatic rings. The lowest BCUT2D eigenvalue weighted by molar-refractivity contribution is 0.284. The van der Waals surface area contributed by atoms with Crippen LogP contribution in [0.1, 0.15) is 5.56 Å². The predicted octanol–water partition coefficient (Wildman–Crippen LogP) is 3.16. The highest BCUT2D eigenvalue weighted by atomic mass is 79.9. The van der Waals surface area contributed by atoms with Gasteiger partial charge in [0.1, 0.15) is 5.75 Å². The minimum atomic E-state index is 0.0742. The first kappa shape index (κ1) is 9.96. The maximum absolute atomic E-state index is 9.11. The Hall–Kier alpha value is -0.580. The zero-order valence-corrected chi connectivity index (χ0v) is 9.98. The molecule has 0 saturated carbocycles. The van der Waals surface area contributed by atoms with E-state index < -0.39 is 0 Å². The van der Waals surface area contributed by atoms with Crippen molar-refractivity contribution in [3.8, 4) is 5.75 Å². The minimum Gasteiger partial charge on any atom is -0.496 e. The standard InChI is InChI=1S/C10H9BrO2S/c1-13-9-2-7-6(4-12)5-14-10(7)3-8(9)11/h2-3,5,12H,4H2,1H3. The first-order valence-corrected chi connectivity index (χ1v) is 5.78. The molecule has 0 amide bonds. The van der Waals surface area contributed by atoms with Crippen LogP contribution in [0.15, 0.2) is 22.0 Å². The van der Waals surface area contributed by atoms with Crippen LogP contribution >= 0.6 is 27.3 Å². The van der Waals surface area contributed by atoms with Gasteiger partial charge in [0.05, 0.1) is 18.2 Å². The molecule has 4 heteroatoms. The molecule has 14 heavy (non-hydrogen) atoms. The second-order valence-electron chi connectivity index (χ2n) is 2.90. The molecule has 0 aliphatic carbocycles. The number of rotatable bonds is 2. The van der Waals surface area contributed by atoms with Crippen molar-refractivity contribution in [2.75, 3.05) is 7.11 Å². The fraction of sp³-hybridized carbons (Fsp3) is 0.200. The molecule has 1 heterocycles. The van der Waals surface area contributed by atoms with E-state index in [9.17, 15) is 0 Å². The second-order valence-corrected chi connectivity index (χ2v) is 4.67. The number of halogens is 1. The lowest BCUT2D eigenvalue weighted by Crippen LogP contribution is -1.85. The summed E-state index contributed by atoms with van der Waals surface area (Å²) in [6, 6.07) is 3.96. The van der Waals surface area contributed by atoms with Gasteiger partial charge in [-0.1, -0.05) is 0 Å². The molecule has 0 radical (unpaired) electrons. The van der Waals surface area contributed by atoms with E-state index in [2.05, 4.69) is 15.9 Å². The van der Waals surface area contributed by atoms with Crippen LogP contribution in [-0.4, -0.2) is 12.2 Å². The van der Waals surface area contributed by atoms with Crippen LogP contribution in [0.4, 0.5) is 0 Å². The third-order valence-corrected chi connectivity index (χ3v) is 3.71. The van der Waals surface area contributed by atoms with Gasteiger partial charge in [0, 0.05) is 10.1 Å². The number of hydrogen-bond acceptors (Lipinski definition) is 3. The minimum absolute atomic E-state index is 0.0742. The van der Waals surface area contributed by atoms with E-state index in [0.717, 1.165) is 25.9 Å². The van der Waals surface area contributed by atoms with Gasteiger partial charge in [0.2, 0.25) is 0 Å². The number of hydrogen-bond donors (Lipinski definition) is 1. The molecule has 0 aliphatic heterocycles. The Morgan fingerprint density at radius 3 is 2.93 bits per heavy atom. The molecule has 2 nitrogen and oxygen atoms in total. The fourth-order valence-electron chi connectivity index (χ4n) is 1.36. The zero-order chi connectivity index (χ0) is 10.1. The first-order valence-electron chi connectivity index (χ1n) is 4.10. The average molecular weight is 273 g/mol. The Morgan fingerprint density at radius 2 is 2.29 bits per heavy atom. The van der Waals surface area contributed by atoms with E-state index in [-0.39, 0.29) is 6.61 Å². The van der Waals surface area contributed by atoms with Gasteiger partial charge in [-0.2, -0.15) is 0 Å². The van der Waals surface area contributed by atoms with Crippen molar-refractivity contribution in [3.05, 3.63) is 27.5 Å². The lowest BCUT2D eigenvalue weighted by atomic mass is 10.2. The highest BCUT2D eigenvalue weighted by molar-refractivity contribution is 9.10. The summed E-state index contributed by atoms with van der Waals surface area (Å²) >= 11 is 5.05. The summed E-state index contributed by atoms with van der Waals surface area (Å²) in [7, 11) is 1.64. The van der Waals surface area contributed by atoms with Gasteiger partial charge in [-0.15, -0.1) is 11.3 Å². The van der Waals surface area contributed by atoms with Crippen LogP contribution in [0.3, 0.4) is 0 Å². The van der Waals surface area contributed by atoms with Crippen molar-refractivity contribution in [3.63, 3.8) is 0 Å². The van der Waals surface area contributed by atoms with E-state index >= 15 is 0 Å². The summed E-state index contributed by atoms with van der Waals surface area (Å²) < 4.78 is 7.30. The number of fused-ring (bicyclic) bond motifs is 1. The van der Waals surface area contributed by atoms with Gasteiger partial charge in [0.25, 0.3) is 0 Å². The van der Waals surface area contributed by atoms with Crippen LogP contribution in [-0.2, 0) is 6.61 Å². The third kappa shape index (κ3) is 1.54. The fourth-order valence-corrected chi connectivity index (χ4v) is 2.99. The predicted molar refractivity (Wildman–Crippen MR) is 62.0 cm³/mol. The Balaban J connectivity index is 2.70. The summed E-state index contributed by atoms with van der Waals surface area (Å²) in [5, 5.41) is 12.1. The van der Waals surface area contributed by atoms with Gasteiger partial charge < -0.3 is 9.84 Å². The average Bonchev–Trinajstić information content (AvgIpc) is 2.58. The van der Waals surface area contributed by atoms with Crippen LogP contribution in [0.5, 0.6) is 5.75 Å². The van der Waals surface area contributed by atoms with Gasteiger partial charge >= 0.3 is 0 Å². The highest BCUT2D eigenvalue weighted by Gasteiger charge is 2.07. The molecule has 0 unspecified atom stereocenters. The molecule has 0 saturated heterocycles. The number of aliphatic hydroxyl groups excluding tert-OH is 1. The number of thiophene rings is 1. The lowest BCUT2D eigenvalue weighted by Gasteiger charge is -2.03. The quantitative estimate of drug-likeness (QED) is 0.910. The molecule has 2 rings (SSSR count). The molecule has 74 valence electrons. The molecular weight excluding hydrogens is 264 g/mol. The smallest absolute Gasteiger partial charge is 0.133 e. The molecule has 1 aromatic heterocycles. The van der Waals surface area contributed by atoms with E-state index in [4.69, 9.17) is 9.84 Å². The van der Waals surface area contributed by atoms with Crippen molar-refractivity contribution in [1.29, 1.82) is 0 Å². The van der Waals surface area contributed by atoms with Crippen molar-refractivity contribution in [1.82, 2.24) is 0 Å². The Bertz CT molecular complexity index is 464. The van der Waals surface area contributed by atoms with Crippen molar-refractivity contribution < 1.29 is 9.84 Å². The van der Waals surface area contributed by atoms with Crippen LogP contribution in [0.25, 0.3) is 10.1 Å². The van der Waals surface area contributed by atoms with Crippen molar-refractivity contribution in [2.24, 2.45) is 0 Å². The maximum atomic E-state index is 9.11. The van der Waals surface area contributed by atoms with E-state index in [1.165, 1.54) is 0 Å². The normalized spacial score (nSPS) is 10.8. The summed E-state index contributed by atoms with van der Waals surface area (Å²) in [5.74, 6) is 0.797. The van der Waals surface area contributed by atoms with Gasteiger partial charge in [-0.05, 0) is 39.0 Å². The number of benzene rings is 1. The Labute approximate surface area is 94.3 Å². The molecule has 0 fully saturated rings. The van der Waals surface area contributed by atoms with Gasteiger partial charge in [-0.25, -0.2) is 0 Å². The second kappa shape index (κ2) is 3.88. The summed E-state index contributed by atoms with van der Waals surface area (Å²) in [6.07, 6.45) is 0. The SMILES string of the molecule is COc1cc2c(CO)csc2cc1Br. The Morgan fingerprint density at radius 1 is 1.50 bits per heavy atom. The number of aliphatic hydroxyl groups is 1. The first-order chi connectivity index (χ1) is 6.76. The van der Waals surface area contributed by atoms with Crippen LogP contribution < -0.4 is 4.74 Å². The molecule has 0 spiro atoms. The summed E-state index contributed by atoms with van der Waals surface area (Å²) in [5.41, 5.74) is 0.954. The monoisotopic (exact) mass is 272 g/mol. The summed E-state index contributed by atoms with van der Waals surface area (Å²) in [4.78, 5) is 0. The van der Waals surface area contributed by atoms with Gasteiger partial charge in [0.15, 0.2) is 0 Å². The molecule has 0 bridgehead atoms. The zero-order valence-electron chi connectivity index (χ0n) is 7.58.